The van der Waals surface area contributed by atoms with Crippen molar-refractivity contribution in [2.24, 2.45) is 17.8 Å². The van der Waals surface area contributed by atoms with Crippen LogP contribution >= 0.6 is 0 Å². The summed E-state index contributed by atoms with van der Waals surface area (Å²) in [6.07, 6.45) is 4.77. The van der Waals surface area contributed by atoms with E-state index in [9.17, 15) is 9.59 Å². The molecule has 0 radical (unpaired) electrons. The Hall–Kier alpha value is -1.14. The molecule has 144 valence electrons. The van der Waals surface area contributed by atoms with Crippen molar-refractivity contribution < 1.29 is 23.5 Å². The second-order valence-electron chi connectivity index (χ2n) is 8.05. The van der Waals surface area contributed by atoms with Crippen LogP contribution in [0.3, 0.4) is 0 Å². The summed E-state index contributed by atoms with van der Waals surface area (Å²) >= 11 is 0. The molecule has 0 fully saturated rings. The van der Waals surface area contributed by atoms with Gasteiger partial charge in [0.05, 0.1) is 13.2 Å². The largest absolute Gasteiger partial charge is 0.465 e. The van der Waals surface area contributed by atoms with Crippen LogP contribution in [0.4, 0.5) is 0 Å². The zero-order valence-corrected chi connectivity index (χ0v) is 17.8. The van der Waals surface area contributed by atoms with Gasteiger partial charge >= 0.3 is 11.9 Å². The molecule has 0 unspecified atom stereocenters. The maximum absolute atomic E-state index is 12.4. The van der Waals surface area contributed by atoms with E-state index in [0.29, 0.717) is 6.61 Å². The van der Waals surface area contributed by atoms with E-state index >= 15 is 0 Å². The zero-order valence-electron chi connectivity index (χ0n) is 16.8. The first-order chi connectivity index (χ1) is 11.5. The smallest absolute Gasteiger partial charge is 0.320 e. The van der Waals surface area contributed by atoms with Crippen LogP contribution in [0.5, 0.6) is 0 Å². The molecule has 25 heavy (non-hydrogen) atoms. The first-order valence-electron chi connectivity index (χ1n) is 9.19. The van der Waals surface area contributed by atoms with Crippen molar-refractivity contribution in [1.29, 1.82) is 0 Å². The number of carbonyl (C=O) groups excluding carboxylic acids is 2. The van der Waals surface area contributed by atoms with Crippen molar-refractivity contribution in [3.05, 3.63) is 12.2 Å². The van der Waals surface area contributed by atoms with E-state index in [1.807, 2.05) is 12.2 Å². The molecule has 2 atom stereocenters. The Morgan fingerprint density at radius 3 is 2.08 bits per heavy atom. The van der Waals surface area contributed by atoms with E-state index in [0.717, 1.165) is 6.42 Å². The van der Waals surface area contributed by atoms with Gasteiger partial charge in [0.25, 0.3) is 0 Å². The summed E-state index contributed by atoms with van der Waals surface area (Å²) in [4.78, 5) is 24.7. The van der Waals surface area contributed by atoms with Crippen LogP contribution in [0.1, 0.15) is 41.0 Å². The van der Waals surface area contributed by atoms with Crippen molar-refractivity contribution in [3.63, 3.8) is 0 Å². The standard InChI is InChI=1S/C19H34O5Si/c1-8-22-17(20)16(18(21)23-9-2)15-12-10-11-14(15)13-24-25(6,7)19(3,4)5/h10,12,14-16H,8-9,11,13H2,1-7H3/t14-,15+/m1/s1. The topological polar surface area (TPSA) is 61.8 Å². The van der Waals surface area contributed by atoms with Crippen LogP contribution in [0, 0.1) is 17.8 Å². The molecule has 0 heterocycles. The van der Waals surface area contributed by atoms with Crippen molar-refractivity contribution in [2.45, 2.75) is 59.2 Å². The molecule has 0 saturated carbocycles. The Morgan fingerprint density at radius 2 is 1.64 bits per heavy atom. The molecular weight excluding hydrogens is 336 g/mol. The van der Waals surface area contributed by atoms with Gasteiger partial charge in [0.1, 0.15) is 0 Å². The lowest BCUT2D eigenvalue weighted by atomic mass is 9.84. The molecular formula is C19H34O5Si. The quantitative estimate of drug-likeness (QED) is 0.280. The highest BCUT2D eigenvalue weighted by Gasteiger charge is 2.43. The van der Waals surface area contributed by atoms with Crippen molar-refractivity contribution in [2.75, 3.05) is 19.8 Å². The Kier molecular flexibility index (Phi) is 7.87. The third-order valence-electron chi connectivity index (χ3n) is 5.27. The molecule has 0 aromatic rings. The number of esters is 2. The van der Waals surface area contributed by atoms with Gasteiger partial charge in [0.2, 0.25) is 0 Å². The molecule has 0 bridgehead atoms. The predicted octanol–water partition coefficient (Wildman–Crippen LogP) is 3.94. The molecule has 0 aliphatic heterocycles. The molecule has 5 nitrogen and oxygen atoms in total. The lowest BCUT2D eigenvalue weighted by Gasteiger charge is -2.38. The maximum Gasteiger partial charge on any atom is 0.320 e. The Morgan fingerprint density at radius 1 is 1.12 bits per heavy atom. The molecule has 0 amide bonds. The van der Waals surface area contributed by atoms with Gasteiger partial charge in [0.15, 0.2) is 14.2 Å². The van der Waals surface area contributed by atoms with Crippen LogP contribution in [0.2, 0.25) is 18.1 Å². The first-order valence-corrected chi connectivity index (χ1v) is 12.1. The van der Waals surface area contributed by atoms with E-state index in [-0.39, 0.29) is 30.1 Å². The number of ether oxygens (including phenoxy) is 2. The van der Waals surface area contributed by atoms with Gasteiger partial charge < -0.3 is 13.9 Å². The zero-order chi connectivity index (χ0) is 19.3. The SMILES string of the molecule is CCOC(=O)C(C(=O)OCC)[C@H]1C=CC[C@@H]1CO[Si](C)(C)C(C)(C)C. The highest BCUT2D eigenvalue weighted by molar-refractivity contribution is 6.74. The number of carbonyl (C=O) groups is 2. The molecule has 0 aromatic carbocycles. The van der Waals surface area contributed by atoms with Gasteiger partial charge in [-0.3, -0.25) is 9.59 Å². The lowest BCUT2D eigenvalue weighted by molar-refractivity contribution is -0.164. The third kappa shape index (κ3) is 5.68. The minimum absolute atomic E-state index is 0.0907. The van der Waals surface area contributed by atoms with E-state index in [1.54, 1.807) is 13.8 Å². The van der Waals surface area contributed by atoms with Crippen LogP contribution in [0.15, 0.2) is 12.2 Å². The molecule has 1 aliphatic rings. The van der Waals surface area contributed by atoms with Crippen LogP contribution in [0.25, 0.3) is 0 Å². The Labute approximate surface area is 153 Å². The number of hydrogen-bond acceptors (Lipinski definition) is 5. The van der Waals surface area contributed by atoms with E-state index in [2.05, 4.69) is 33.9 Å². The van der Waals surface area contributed by atoms with Gasteiger partial charge in [-0.15, -0.1) is 0 Å². The van der Waals surface area contributed by atoms with E-state index in [4.69, 9.17) is 13.9 Å². The minimum atomic E-state index is -1.88. The Bertz CT molecular complexity index is 475. The summed E-state index contributed by atoms with van der Waals surface area (Å²) in [7, 11) is -1.88. The average molecular weight is 371 g/mol. The Balaban J connectivity index is 2.89. The molecule has 0 spiro atoms. The fourth-order valence-electron chi connectivity index (χ4n) is 2.69. The van der Waals surface area contributed by atoms with E-state index in [1.165, 1.54) is 0 Å². The predicted molar refractivity (Wildman–Crippen MR) is 101 cm³/mol. The summed E-state index contributed by atoms with van der Waals surface area (Å²) in [6, 6.07) is 0. The minimum Gasteiger partial charge on any atom is -0.465 e. The average Bonchev–Trinajstić information content (AvgIpc) is 2.93. The van der Waals surface area contributed by atoms with Crippen molar-refractivity contribution in [1.82, 2.24) is 0 Å². The van der Waals surface area contributed by atoms with Gasteiger partial charge in [0, 0.05) is 12.5 Å². The summed E-state index contributed by atoms with van der Waals surface area (Å²) in [5.41, 5.74) is 0. The highest BCUT2D eigenvalue weighted by Crippen LogP contribution is 2.39. The molecule has 6 heteroatoms. The monoisotopic (exact) mass is 370 g/mol. The van der Waals surface area contributed by atoms with Crippen LogP contribution in [-0.4, -0.2) is 40.1 Å². The van der Waals surface area contributed by atoms with Crippen molar-refractivity contribution in [3.8, 4) is 0 Å². The molecule has 1 rings (SSSR count). The van der Waals surface area contributed by atoms with Gasteiger partial charge in [-0.1, -0.05) is 32.9 Å². The second kappa shape index (κ2) is 8.99. The number of rotatable bonds is 8. The summed E-state index contributed by atoms with van der Waals surface area (Å²) < 4.78 is 16.6. The third-order valence-corrected chi connectivity index (χ3v) is 9.77. The maximum atomic E-state index is 12.4. The molecule has 0 N–H and O–H groups in total. The number of hydrogen-bond donors (Lipinski definition) is 0. The van der Waals surface area contributed by atoms with Gasteiger partial charge in [-0.25, -0.2) is 0 Å². The van der Waals surface area contributed by atoms with Crippen LogP contribution < -0.4 is 0 Å². The highest BCUT2D eigenvalue weighted by atomic mass is 28.4. The lowest BCUT2D eigenvalue weighted by Crippen LogP contribution is -2.43. The number of allylic oxidation sites excluding steroid dienone is 2. The first kappa shape index (κ1) is 21.9. The summed E-state index contributed by atoms with van der Waals surface area (Å²) in [6.45, 7) is 15.5. The van der Waals surface area contributed by atoms with Crippen LogP contribution in [-0.2, 0) is 23.5 Å². The summed E-state index contributed by atoms with van der Waals surface area (Å²) in [5, 5.41) is 0.121. The molecule has 0 saturated heterocycles. The fourth-order valence-corrected chi connectivity index (χ4v) is 3.76. The van der Waals surface area contributed by atoms with Gasteiger partial charge in [-0.2, -0.15) is 0 Å². The fraction of sp³-hybridized carbons (Fsp3) is 0.789. The summed E-state index contributed by atoms with van der Waals surface area (Å²) in [5.74, 6) is -2.06. The van der Waals surface area contributed by atoms with E-state index < -0.39 is 26.2 Å². The van der Waals surface area contributed by atoms with Gasteiger partial charge in [-0.05, 0) is 44.3 Å². The normalized spacial score (nSPS) is 20.8. The molecule has 1 aliphatic carbocycles. The van der Waals surface area contributed by atoms with Crippen molar-refractivity contribution >= 4 is 20.3 Å². The second-order valence-corrected chi connectivity index (χ2v) is 12.9. The molecule has 0 aromatic heterocycles.